The van der Waals surface area contributed by atoms with Gasteiger partial charge in [0, 0.05) is 24.2 Å². The summed E-state index contributed by atoms with van der Waals surface area (Å²) in [6.45, 7) is 1.42. The number of hydrogen-bond donors (Lipinski definition) is 0. The number of hydrogen-bond acceptors (Lipinski definition) is 3. The number of amides is 1. The Kier molecular flexibility index (Phi) is 5.02. The highest BCUT2D eigenvalue weighted by atomic mass is 19.4. The third kappa shape index (κ3) is 3.59. The van der Waals surface area contributed by atoms with Gasteiger partial charge in [-0.2, -0.15) is 13.2 Å². The second-order valence-corrected chi connectivity index (χ2v) is 7.46. The van der Waals surface area contributed by atoms with Crippen LogP contribution in [-0.4, -0.2) is 37.6 Å². The van der Waals surface area contributed by atoms with Crippen molar-refractivity contribution < 1.29 is 27.4 Å². The maximum atomic E-state index is 13.0. The molecule has 1 spiro atoms. The molecule has 0 N–H and O–H groups in total. The Hall–Kier alpha value is -2.54. The van der Waals surface area contributed by atoms with E-state index >= 15 is 0 Å². The van der Waals surface area contributed by atoms with Crippen molar-refractivity contribution in [1.82, 2.24) is 4.90 Å². The van der Waals surface area contributed by atoms with Crippen molar-refractivity contribution in [1.29, 1.82) is 0 Å². The molecule has 2 aromatic rings. The molecule has 154 valence electrons. The van der Waals surface area contributed by atoms with Gasteiger partial charge in [-0.1, -0.05) is 18.2 Å². The first kappa shape index (κ1) is 19.8. The van der Waals surface area contributed by atoms with Crippen LogP contribution in [0.1, 0.15) is 39.9 Å². The van der Waals surface area contributed by atoms with E-state index < -0.39 is 17.3 Å². The van der Waals surface area contributed by atoms with E-state index in [2.05, 4.69) is 6.07 Å². The molecule has 1 saturated heterocycles. The van der Waals surface area contributed by atoms with Crippen LogP contribution in [0.15, 0.2) is 42.5 Å². The molecule has 2 aliphatic rings. The number of piperidine rings is 1. The number of rotatable bonds is 2. The summed E-state index contributed by atoms with van der Waals surface area (Å²) in [5.41, 5.74) is 0.947. The fourth-order valence-electron chi connectivity index (χ4n) is 4.38. The Morgan fingerprint density at radius 1 is 1.14 bits per heavy atom. The molecule has 0 radical (unpaired) electrons. The van der Waals surface area contributed by atoms with Gasteiger partial charge >= 0.3 is 6.18 Å². The number of likely N-dealkylation sites (tertiary alicyclic amines) is 1. The zero-order chi connectivity index (χ0) is 20.6. The third-order valence-corrected chi connectivity index (χ3v) is 5.83. The van der Waals surface area contributed by atoms with Crippen LogP contribution in [-0.2, 0) is 22.9 Å². The van der Waals surface area contributed by atoms with Gasteiger partial charge in [-0.15, -0.1) is 0 Å². The van der Waals surface area contributed by atoms with Gasteiger partial charge in [0.05, 0.1) is 19.3 Å². The summed E-state index contributed by atoms with van der Waals surface area (Å²) < 4.78 is 50.7. The Morgan fingerprint density at radius 3 is 2.55 bits per heavy atom. The minimum absolute atomic E-state index is 0.0540. The summed E-state index contributed by atoms with van der Waals surface area (Å²) in [4.78, 5) is 14.4. The maximum absolute atomic E-state index is 13.0. The minimum atomic E-state index is -4.47. The van der Waals surface area contributed by atoms with Crippen LogP contribution in [0.3, 0.4) is 0 Å². The van der Waals surface area contributed by atoms with Gasteiger partial charge in [0.15, 0.2) is 0 Å². The highest BCUT2D eigenvalue weighted by Crippen LogP contribution is 2.46. The molecular formula is C22H22F3NO3. The highest BCUT2D eigenvalue weighted by molar-refractivity contribution is 5.94. The van der Waals surface area contributed by atoms with E-state index in [1.807, 2.05) is 12.1 Å². The maximum Gasteiger partial charge on any atom is 0.416 e. The molecule has 1 fully saturated rings. The Bertz CT molecular complexity index is 904. The van der Waals surface area contributed by atoms with Crippen molar-refractivity contribution in [2.45, 2.75) is 31.0 Å². The molecule has 0 aromatic heterocycles. The molecule has 2 aliphatic heterocycles. The normalized spacial score (nSPS) is 18.4. The molecule has 0 unspecified atom stereocenters. The number of benzene rings is 2. The summed E-state index contributed by atoms with van der Waals surface area (Å²) >= 11 is 0. The summed E-state index contributed by atoms with van der Waals surface area (Å²) in [6, 6.07) is 10.5. The summed E-state index contributed by atoms with van der Waals surface area (Å²) in [7, 11) is 1.63. The first-order valence-electron chi connectivity index (χ1n) is 9.61. The van der Waals surface area contributed by atoms with E-state index in [1.54, 1.807) is 12.0 Å². The van der Waals surface area contributed by atoms with Crippen molar-refractivity contribution >= 4 is 5.91 Å². The molecule has 4 nitrogen and oxygen atoms in total. The van der Waals surface area contributed by atoms with Crippen molar-refractivity contribution in [3.8, 4) is 5.75 Å². The predicted octanol–water partition coefficient (Wildman–Crippen LogP) is 4.42. The lowest BCUT2D eigenvalue weighted by atomic mass is 9.78. The molecule has 0 aliphatic carbocycles. The summed E-state index contributed by atoms with van der Waals surface area (Å²) in [6.07, 6.45) is -2.52. The number of halogens is 3. The molecule has 2 heterocycles. The second-order valence-electron chi connectivity index (χ2n) is 7.46. The summed E-state index contributed by atoms with van der Waals surface area (Å²) in [5, 5.41) is 0. The number of ether oxygens (including phenoxy) is 2. The van der Waals surface area contributed by atoms with Crippen LogP contribution in [0.5, 0.6) is 5.75 Å². The molecule has 29 heavy (non-hydrogen) atoms. The number of carbonyl (C=O) groups is 1. The Morgan fingerprint density at radius 2 is 1.86 bits per heavy atom. The second kappa shape index (κ2) is 7.37. The fraction of sp³-hybridized carbons (Fsp3) is 0.409. The SMILES string of the molecule is COc1cccc2c1C1(CCN(C(=O)c3cccc(C(F)(F)F)c3)CC1)OCC2. The number of carbonyl (C=O) groups excluding carboxylic acids is 1. The molecule has 7 heteroatoms. The Labute approximate surface area is 167 Å². The first-order chi connectivity index (χ1) is 13.8. The monoisotopic (exact) mass is 405 g/mol. The first-order valence-corrected chi connectivity index (χ1v) is 9.61. The van der Waals surface area contributed by atoms with Crippen molar-refractivity contribution in [2.24, 2.45) is 0 Å². The number of methoxy groups -OCH3 is 1. The van der Waals surface area contributed by atoms with Crippen LogP contribution < -0.4 is 4.74 Å². The molecular weight excluding hydrogens is 383 g/mol. The van der Waals surface area contributed by atoms with Crippen molar-refractivity contribution in [3.63, 3.8) is 0 Å². The quantitative estimate of drug-likeness (QED) is 0.743. The van der Waals surface area contributed by atoms with Crippen molar-refractivity contribution in [2.75, 3.05) is 26.8 Å². The van der Waals surface area contributed by atoms with Gasteiger partial charge in [-0.3, -0.25) is 4.79 Å². The van der Waals surface area contributed by atoms with E-state index in [4.69, 9.17) is 9.47 Å². The lowest BCUT2D eigenvalue weighted by Crippen LogP contribution is -2.48. The third-order valence-electron chi connectivity index (χ3n) is 5.83. The molecule has 4 rings (SSSR count). The molecule has 1 amide bonds. The average molecular weight is 405 g/mol. The minimum Gasteiger partial charge on any atom is -0.496 e. The molecule has 0 bridgehead atoms. The van der Waals surface area contributed by atoms with Gasteiger partial charge in [-0.25, -0.2) is 0 Å². The predicted molar refractivity (Wildman–Crippen MR) is 101 cm³/mol. The van der Waals surface area contributed by atoms with Gasteiger partial charge < -0.3 is 14.4 Å². The van der Waals surface area contributed by atoms with Crippen LogP contribution in [0.25, 0.3) is 0 Å². The van der Waals surface area contributed by atoms with E-state index in [1.165, 1.54) is 17.7 Å². The number of nitrogens with zero attached hydrogens (tertiary/aromatic N) is 1. The van der Waals surface area contributed by atoms with E-state index in [0.717, 1.165) is 29.9 Å². The fourth-order valence-corrected chi connectivity index (χ4v) is 4.38. The molecule has 0 atom stereocenters. The molecule has 2 aromatic carbocycles. The summed E-state index contributed by atoms with van der Waals surface area (Å²) in [5.74, 6) is 0.391. The van der Waals surface area contributed by atoms with Crippen LogP contribution in [0, 0.1) is 0 Å². The standard InChI is InChI=1S/C22H22F3NO3/c1-28-18-7-3-4-15-8-13-29-21(19(15)18)9-11-26(12-10-21)20(27)16-5-2-6-17(14-16)22(23,24)25/h2-7,14H,8-13H2,1H3. The zero-order valence-electron chi connectivity index (χ0n) is 16.1. The Balaban J connectivity index is 1.55. The molecule has 0 saturated carbocycles. The van der Waals surface area contributed by atoms with Crippen LogP contribution in [0.4, 0.5) is 13.2 Å². The van der Waals surface area contributed by atoms with Gasteiger partial charge in [-0.05, 0) is 49.1 Å². The van der Waals surface area contributed by atoms with E-state index in [0.29, 0.717) is 32.5 Å². The van der Waals surface area contributed by atoms with Gasteiger partial charge in [0.1, 0.15) is 11.4 Å². The topological polar surface area (TPSA) is 38.8 Å². The van der Waals surface area contributed by atoms with Crippen LogP contribution >= 0.6 is 0 Å². The van der Waals surface area contributed by atoms with E-state index in [-0.39, 0.29) is 11.5 Å². The largest absolute Gasteiger partial charge is 0.496 e. The number of alkyl halides is 3. The lowest BCUT2D eigenvalue weighted by molar-refractivity contribution is -0.137. The van der Waals surface area contributed by atoms with Gasteiger partial charge in [0.25, 0.3) is 5.91 Å². The lowest BCUT2D eigenvalue weighted by Gasteiger charge is -2.45. The van der Waals surface area contributed by atoms with Gasteiger partial charge in [0.2, 0.25) is 0 Å². The van der Waals surface area contributed by atoms with Crippen molar-refractivity contribution in [3.05, 3.63) is 64.7 Å². The van der Waals surface area contributed by atoms with E-state index in [9.17, 15) is 18.0 Å². The smallest absolute Gasteiger partial charge is 0.416 e. The highest BCUT2D eigenvalue weighted by Gasteiger charge is 2.43. The average Bonchev–Trinajstić information content (AvgIpc) is 2.73. The van der Waals surface area contributed by atoms with Crippen LogP contribution in [0.2, 0.25) is 0 Å². The zero-order valence-corrected chi connectivity index (χ0v) is 16.1. The number of fused-ring (bicyclic) bond motifs is 2.